The van der Waals surface area contributed by atoms with Crippen molar-refractivity contribution in [3.63, 3.8) is 0 Å². The van der Waals surface area contributed by atoms with Crippen LogP contribution in [0, 0.1) is 0 Å². The maximum atomic E-state index is 5.74. The highest BCUT2D eigenvalue weighted by atomic mass is 16.5. The van der Waals surface area contributed by atoms with E-state index in [4.69, 9.17) is 10.5 Å². The van der Waals surface area contributed by atoms with Crippen LogP contribution in [0.5, 0.6) is 5.75 Å². The van der Waals surface area contributed by atoms with E-state index in [2.05, 4.69) is 16.4 Å². The lowest BCUT2D eigenvalue weighted by Gasteiger charge is -2.11. The van der Waals surface area contributed by atoms with Crippen LogP contribution in [0.4, 0.5) is 5.82 Å². The Balaban J connectivity index is 2.15. The molecule has 1 heterocycles. The van der Waals surface area contributed by atoms with Crippen molar-refractivity contribution in [3.8, 4) is 5.75 Å². The first-order valence-electron chi connectivity index (χ1n) is 6.63. The second kappa shape index (κ2) is 6.38. The predicted octanol–water partition coefficient (Wildman–Crippen LogP) is 2.78. The molecule has 3 N–H and O–H groups in total. The van der Waals surface area contributed by atoms with Crippen molar-refractivity contribution in [2.45, 2.75) is 25.8 Å². The average Bonchev–Trinajstić information content (AvgIpc) is 2.42. The van der Waals surface area contributed by atoms with E-state index in [0.29, 0.717) is 0 Å². The number of nitrogens with two attached hydrogens (primary N) is 1. The molecule has 102 valence electrons. The van der Waals surface area contributed by atoms with Crippen molar-refractivity contribution in [2.24, 2.45) is 5.73 Å². The number of nitrogens with one attached hydrogen (secondary N) is 1. The molecule has 1 aromatic heterocycles. The number of nitrogens with zero attached hydrogens (tertiary/aromatic N) is 1. The number of hydrogen-bond acceptors (Lipinski definition) is 4. The van der Waals surface area contributed by atoms with Gasteiger partial charge in [-0.15, -0.1) is 0 Å². The minimum atomic E-state index is 0.252. The van der Waals surface area contributed by atoms with Crippen LogP contribution in [0.2, 0.25) is 0 Å². The molecule has 4 nitrogen and oxygen atoms in total. The Bertz CT molecular complexity index is 540. The molecular formula is C15H21N3O. The van der Waals surface area contributed by atoms with Gasteiger partial charge >= 0.3 is 0 Å². The molecule has 0 spiro atoms. The van der Waals surface area contributed by atoms with E-state index >= 15 is 0 Å². The Morgan fingerprint density at radius 3 is 2.89 bits per heavy atom. The summed E-state index contributed by atoms with van der Waals surface area (Å²) in [4.78, 5) is 4.40. The number of aromatic nitrogens is 1. The summed E-state index contributed by atoms with van der Waals surface area (Å²) in [5.41, 5.74) is 5.74. The molecule has 1 atom stereocenters. The largest absolute Gasteiger partial charge is 0.496 e. The van der Waals surface area contributed by atoms with Gasteiger partial charge in [0.2, 0.25) is 0 Å². The third kappa shape index (κ3) is 3.35. The SMILES string of the molecule is COc1cccc2c(NCCCC(C)N)nccc12. The summed E-state index contributed by atoms with van der Waals surface area (Å²) in [6.07, 6.45) is 3.86. The van der Waals surface area contributed by atoms with Crippen LogP contribution < -0.4 is 15.8 Å². The van der Waals surface area contributed by atoms with Crippen LogP contribution in [0.25, 0.3) is 10.8 Å². The molecule has 0 saturated carbocycles. The van der Waals surface area contributed by atoms with Crippen LogP contribution in [-0.2, 0) is 0 Å². The summed E-state index contributed by atoms with van der Waals surface area (Å²) in [7, 11) is 1.69. The highest BCUT2D eigenvalue weighted by molar-refractivity contribution is 5.95. The number of fused-ring (bicyclic) bond motifs is 1. The maximum absolute atomic E-state index is 5.74. The summed E-state index contributed by atoms with van der Waals surface area (Å²) in [6.45, 7) is 2.91. The first-order chi connectivity index (χ1) is 9.22. The fraction of sp³-hybridized carbons (Fsp3) is 0.400. The zero-order valence-electron chi connectivity index (χ0n) is 11.5. The summed E-state index contributed by atoms with van der Waals surface area (Å²) >= 11 is 0. The van der Waals surface area contributed by atoms with Gasteiger partial charge in [0.1, 0.15) is 11.6 Å². The quantitative estimate of drug-likeness (QED) is 0.783. The van der Waals surface area contributed by atoms with Gasteiger partial charge < -0.3 is 15.8 Å². The molecule has 19 heavy (non-hydrogen) atoms. The van der Waals surface area contributed by atoms with Crippen LogP contribution in [0.1, 0.15) is 19.8 Å². The molecule has 2 rings (SSSR count). The van der Waals surface area contributed by atoms with Crippen LogP contribution >= 0.6 is 0 Å². The fourth-order valence-electron chi connectivity index (χ4n) is 2.13. The van der Waals surface area contributed by atoms with E-state index < -0.39 is 0 Å². The fourth-order valence-corrected chi connectivity index (χ4v) is 2.13. The molecule has 0 aliphatic heterocycles. The van der Waals surface area contributed by atoms with E-state index in [1.807, 2.05) is 25.1 Å². The molecule has 0 amide bonds. The molecule has 0 bridgehead atoms. The summed E-state index contributed by atoms with van der Waals surface area (Å²) < 4.78 is 5.37. The highest BCUT2D eigenvalue weighted by Crippen LogP contribution is 2.28. The van der Waals surface area contributed by atoms with Crippen LogP contribution in [-0.4, -0.2) is 24.7 Å². The van der Waals surface area contributed by atoms with E-state index in [-0.39, 0.29) is 6.04 Å². The third-order valence-electron chi connectivity index (χ3n) is 3.11. The number of benzene rings is 1. The van der Waals surface area contributed by atoms with Gasteiger partial charge in [-0.3, -0.25) is 0 Å². The Kier molecular flexibility index (Phi) is 4.58. The Labute approximate surface area is 114 Å². The van der Waals surface area contributed by atoms with Gasteiger partial charge in [-0.2, -0.15) is 0 Å². The lowest BCUT2D eigenvalue weighted by atomic mass is 10.1. The van der Waals surface area contributed by atoms with E-state index in [1.165, 1.54) is 0 Å². The number of methoxy groups -OCH3 is 1. The second-order valence-corrected chi connectivity index (χ2v) is 4.76. The van der Waals surface area contributed by atoms with Gasteiger partial charge in [0.25, 0.3) is 0 Å². The van der Waals surface area contributed by atoms with Gasteiger partial charge in [-0.1, -0.05) is 12.1 Å². The Morgan fingerprint density at radius 1 is 1.32 bits per heavy atom. The zero-order chi connectivity index (χ0) is 13.7. The van der Waals surface area contributed by atoms with E-state index in [9.17, 15) is 0 Å². The van der Waals surface area contributed by atoms with Crippen molar-refractivity contribution in [1.29, 1.82) is 0 Å². The van der Waals surface area contributed by atoms with Gasteiger partial charge in [0, 0.05) is 29.6 Å². The van der Waals surface area contributed by atoms with Crippen molar-refractivity contribution in [2.75, 3.05) is 19.0 Å². The Morgan fingerprint density at radius 2 is 2.16 bits per heavy atom. The number of anilines is 1. The normalized spacial score (nSPS) is 12.4. The number of ether oxygens (including phenoxy) is 1. The molecular weight excluding hydrogens is 238 g/mol. The molecule has 1 unspecified atom stereocenters. The van der Waals surface area contributed by atoms with Crippen LogP contribution in [0.3, 0.4) is 0 Å². The molecule has 4 heteroatoms. The lowest BCUT2D eigenvalue weighted by Crippen LogP contribution is -2.16. The summed E-state index contributed by atoms with van der Waals surface area (Å²) in [5.74, 6) is 1.78. The van der Waals surface area contributed by atoms with E-state index in [1.54, 1.807) is 13.3 Å². The molecule has 0 saturated heterocycles. The smallest absolute Gasteiger partial charge is 0.133 e. The minimum Gasteiger partial charge on any atom is -0.496 e. The van der Waals surface area contributed by atoms with Gasteiger partial charge in [-0.25, -0.2) is 4.98 Å². The first kappa shape index (κ1) is 13.6. The lowest BCUT2D eigenvalue weighted by molar-refractivity contribution is 0.420. The topological polar surface area (TPSA) is 60.2 Å². The first-order valence-corrected chi connectivity index (χ1v) is 6.63. The van der Waals surface area contributed by atoms with Crippen LogP contribution in [0.15, 0.2) is 30.5 Å². The number of pyridine rings is 1. The summed E-state index contributed by atoms with van der Waals surface area (Å²) in [6, 6.07) is 8.22. The van der Waals surface area contributed by atoms with Gasteiger partial charge in [0.05, 0.1) is 7.11 Å². The standard InChI is InChI=1S/C15H21N3O/c1-11(16)5-4-9-17-15-13-6-3-7-14(19-2)12(13)8-10-18-15/h3,6-8,10-11H,4-5,9,16H2,1-2H3,(H,17,18). The molecule has 0 aliphatic carbocycles. The third-order valence-corrected chi connectivity index (χ3v) is 3.11. The number of rotatable bonds is 6. The summed E-state index contributed by atoms with van der Waals surface area (Å²) in [5, 5.41) is 5.54. The van der Waals surface area contributed by atoms with Gasteiger partial charge in [-0.05, 0) is 31.9 Å². The van der Waals surface area contributed by atoms with Gasteiger partial charge in [0.15, 0.2) is 0 Å². The monoisotopic (exact) mass is 259 g/mol. The predicted molar refractivity (Wildman–Crippen MR) is 79.7 cm³/mol. The van der Waals surface area contributed by atoms with Crippen molar-refractivity contribution in [3.05, 3.63) is 30.5 Å². The van der Waals surface area contributed by atoms with Crippen molar-refractivity contribution < 1.29 is 4.74 Å². The Hall–Kier alpha value is -1.81. The second-order valence-electron chi connectivity index (χ2n) is 4.76. The molecule has 0 fully saturated rings. The molecule has 0 radical (unpaired) electrons. The van der Waals surface area contributed by atoms with Crippen molar-refractivity contribution >= 4 is 16.6 Å². The highest BCUT2D eigenvalue weighted by Gasteiger charge is 2.05. The average molecular weight is 259 g/mol. The molecule has 1 aromatic carbocycles. The molecule has 2 aromatic rings. The zero-order valence-corrected chi connectivity index (χ0v) is 11.5. The molecule has 0 aliphatic rings. The maximum Gasteiger partial charge on any atom is 0.133 e. The van der Waals surface area contributed by atoms with Crippen molar-refractivity contribution in [1.82, 2.24) is 4.98 Å². The van der Waals surface area contributed by atoms with E-state index in [0.717, 1.165) is 41.7 Å². The minimum absolute atomic E-state index is 0.252. The number of hydrogen-bond donors (Lipinski definition) is 2.